The van der Waals surface area contributed by atoms with Gasteiger partial charge in [-0.3, -0.25) is 25.0 Å². The third-order valence-corrected chi connectivity index (χ3v) is 4.94. The third kappa shape index (κ3) is 4.85. The molecule has 0 bridgehead atoms. The van der Waals surface area contributed by atoms with Gasteiger partial charge in [0, 0.05) is 31.9 Å². The van der Waals surface area contributed by atoms with Crippen LogP contribution in [-0.2, 0) is 14.4 Å². The SMILES string of the molecule is CNC(=O)C1(NC)CCN(c2ccc(C#CC(NC)C(=O)NC=O)cn2)CC1. The lowest BCUT2D eigenvalue weighted by atomic mass is 9.86. The van der Waals surface area contributed by atoms with Crippen LogP contribution in [0.4, 0.5) is 5.82 Å². The molecular weight excluding hydrogens is 360 g/mol. The first-order valence-corrected chi connectivity index (χ1v) is 9.04. The summed E-state index contributed by atoms with van der Waals surface area (Å²) in [5.74, 6) is 5.96. The predicted octanol–water partition coefficient (Wildman–Crippen LogP) is -1.40. The summed E-state index contributed by atoms with van der Waals surface area (Å²) < 4.78 is 0. The number of nitrogens with zero attached hydrogens (tertiary/aromatic N) is 2. The Morgan fingerprint density at radius 1 is 1.25 bits per heavy atom. The van der Waals surface area contributed by atoms with Crippen molar-refractivity contribution in [3.63, 3.8) is 0 Å². The van der Waals surface area contributed by atoms with E-state index in [1.165, 1.54) is 0 Å². The van der Waals surface area contributed by atoms with Crippen molar-refractivity contribution < 1.29 is 14.4 Å². The van der Waals surface area contributed by atoms with Gasteiger partial charge in [0.2, 0.25) is 12.3 Å². The molecule has 3 amide bonds. The van der Waals surface area contributed by atoms with E-state index in [0.29, 0.717) is 37.9 Å². The standard InChI is InChI=1S/C19H26N6O3/c1-20-15(17(27)24-13-26)6-4-14-5-7-16(23-12-14)25-10-8-19(22-3,9-11-25)18(28)21-2/h5,7,12-13,15,20,22H,8-11H2,1-3H3,(H,21,28)(H,24,26,27). The predicted molar refractivity (Wildman–Crippen MR) is 105 cm³/mol. The Morgan fingerprint density at radius 2 is 1.96 bits per heavy atom. The van der Waals surface area contributed by atoms with Gasteiger partial charge in [0.15, 0.2) is 0 Å². The molecule has 0 spiro atoms. The number of anilines is 1. The lowest BCUT2D eigenvalue weighted by molar-refractivity contribution is -0.128. The van der Waals surface area contributed by atoms with Crippen LogP contribution in [0, 0.1) is 11.8 Å². The van der Waals surface area contributed by atoms with E-state index in [2.05, 4.69) is 43.0 Å². The minimum absolute atomic E-state index is 0.00550. The minimum Gasteiger partial charge on any atom is -0.358 e. The zero-order valence-electron chi connectivity index (χ0n) is 16.3. The Labute approximate surface area is 164 Å². The summed E-state index contributed by atoms with van der Waals surface area (Å²) in [6, 6.07) is 2.92. The van der Waals surface area contributed by atoms with E-state index in [4.69, 9.17) is 0 Å². The highest BCUT2D eigenvalue weighted by atomic mass is 16.2. The molecule has 2 heterocycles. The van der Waals surface area contributed by atoms with Gasteiger partial charge < -0.3 is 15.5 Å². The number of carbonyl (C=O) groups excluding carboxylic acids is 3. The fraction of sp³-hybridized carbons (Fsp3) is 0.474. The van der Waals surface area contributed by atoms with Crippen LogP contribution in [0.1, 0.15) is 18.4 Å². The van der Waals surface area contributed by atoms with Gasteiger partial charge in [0.25, 0.3) is 5.91 Å². The largest absolute Gasteiger partial charge is 0.358 e. The maximum absolute atomic E-state index is 12.2. The van der Waals surface area contributed by atoms with Crippen molar-refractivity contribution in [2.75, 3.05) is 39.1 Å². The van der Waals surface area contributed by atoms with Gasteiger partial charge in [-0.25, -0.2) is 4.98 Å². The maximum Gasteiger partial charge on any atom is 0.255 e. The van der Waals surface area contributed by atoms with Gasteiger partial charge in [-0.2, -0.15) is 0 Å². The Morgan fingerprint density at radius 3 is 2.46 bits per heavy atom. The average molecular weight is 386 g/mol. The molecule has 0 aromatic carbocycles. The number of amides is 3. The van der Waals surface area contributed by atoms with E-state index in [-0.39, 0.29) is 5.91 Å². The summed E-state index contributed by atoms with van der Waals surface area (Å²) >= 11 is 0. The van der Waals surface area contributed by atoms with Gasteiger partial charge >= 0.3 is 0 Å². The summed E-state index contributed by atoms with van der Waals surface area (Å²) in [6.45, 7) is 1.42. The highest BCUT2D eigenvalue weighted by Gasteiger charge is 2.39. The quantitative estimate of drug-likeness (QED) is 0.351. The highest BCUT2D eigenvalue weighted by Crippen LogP contribution is 2.25. The molecule has 9 heteroatoms. The molecule has 1 aromatic rings. The molecule has 9 nitrogen and oxygen atoms in total. The molecule has 150 valence electrons. The molecule has 1 saturated heterocycles. The zero-order chi connectivity index (χ0) is 20.6. The van der Waals surface area contributed by atoms with Gasteiger partial charge in [0.05, 0.1) is 0 Å². The number of piperidine rings is 1. The molecule has 1 atom stereocenters. The Hall–Kier alpha value is -2.96. The number of hydrogen-bond acceptors (Lipinski definition) is 7. The molecule has 28 heavy (non-hydrogen) atoms. The van der Waals surface area contributed by atoms with E-state index in [9.17, 15) is 14.4 Å². The van der Waals surface area contributed by atoms with Crippen molar-refractivity contribution in [1.82, 2.24) is 26.3 Å². The van der Waals surface area contributed by atoms with Crippen molar-refractivity contribution >= 4 is 24.0 Å². The van der Waals surface area contributed by atoms with Crippen LogP contribution >= 0.6 is 0 Å². The molecule has 2 rings (SSSR count). The first kappa shape index (κ1) is 21.3. The Kier molecular flexibility index (Phi) is 7.49. The molecule has 1 aliphatic rings. The number of pyridine rings is 1. The van der Waals surface area contributed by atoms with E-state index in [0.717, 1.165) is 5.82 Å². The molecule has 1 aliphatic heterocycles. The number of nitrogens with one attached hydrogen (secondary N) is 4. The molecule has 1 fully saturated rings. The Balaban J connectivity index is 2.02. The lowest BCUT2D eigenvalue weighted by Crippen LogP contribution is -2.60. The summed E-state index contributed by atoms with van der Waals surface area (Å²) in [5, 5.41) is 10.7. The summed E-state index contributed by atoms with van der Waals surface area (Å²) in [6.07, 6.45) is 3.34. The topological polar surface area (TPSA) is 115 Å². The van der Waals surface area contributed by atoms with Crippen molar-refractivity contribution in [1.29, 1.82) is 0 Å². The third-order valence-electron chi connectivity index (χ3n) is 4.94. The summed E-state index contributed by atoms with van der Waals surface area (Å²) in [7, 11) is 5.05. The fourth-order valence-corrected chi connectivity index (χ4v) is 3.16. The van der Waals surface area contributed by atoms with Crippen molar-refractivity contribution in [3.8, 4) is 11.8 Å². The minimum atomic E-state index is -0.786. The summed E-state index contributed by atoms with van der Waals surface area (Å²) in [5.41, 5.74) is 0.121. The number of likely N-dealkylation sites (N-methyl/N-ethyl adjacent to an activating group) is 3. The number of rotatable bonds is 6. The average Bonchev–Trinajstić information content (AvgIpc) is 2.74. The second kappa shape index (κ2) is 9.82. The molecule has 1 aromatic heterocycles. The van der Waals surface area contributed by atoms with Gasteiger partial charge in [0.1, 0.15) is 17.4 Å². The lowest BCUT2D eigenvalue weighted by Gasteiger charge is -2.40. The van der Waals surface area contributed by atoms with Crippen molar-refractivity contribution in [2.24, 2.45) is 0 Å². The molecule has 0 radical (unpaired) electrons. The second-order valence-corrected chi connectivity index (χ2v) is 6.42. The van der Waals surface area contributed by atoms with Crippen LogP contribution in [0.3, 0.4) is 0 Å². The monoisotopic (exact) mass is 386 g/mol. The summed E-state index contributed by atoms with van der Waals surface area (Å²) in [4.78, 5) is 40.8. The molecule has 0 aliphatic carbocycles. The Bertz CT molecular complexity index is 760. The maximum atomic E-state index is 12.2. The first-order valence-electron chi connectivity index (χ1n) is 9.04. The normalized spacial score (nSPS) is 16.3. The van der Waals surface area contributed by atoms with Crippen LogP contribution in [0.25, 0.3) is 0 Å². The van der Waals surface area contributed by atoms with Crippen LogP contribution in [0.2, 0.25) is 0 Å². The molecule has 4 N–H and O–H groups in total. The smallest absolute Gasteiger partial charge is 0.255 e. The zero-order valence-corrected chi connectivity index (χ0v) is 16.3. The second-order valence-electron chi connectivity index (χ2n) is 6.42. The number of aromatic nitrogens is 1. The number of carbonyl (C=O) groups is 3. The van der Waals surface area contributed by atoms with E-state index in [1.54, 1.807) is 20.3 Å². The van der Waals surface area contributed by atoms with E-state index < -0.39 is 17.5 Å². The highest BCUT2D eigenvalue weighted by molar-refractivity contribution is 5.92. The van der Waals surface area contributed by atoms with Crippen LogP contribution in [-0.4, -0.2) is 69.0 Å². The van der Waals surface area contributed by atoms with Crippen molar-refractivity contribution in [2.45, 2.75) is 24.4 Å². The van der Waals surface area contributed by atoms with Crippen LogP contribution < -0.4 is 26.2 Å². The molecular formula is C19H26N6O3. The number of imide groups is 1. The van der Waals surface area contributed by atoms with Gasteiger partial charge in [-0.05, 0) is 39.1 Å². The van der Waals surface area contributed by atoms with Crippen LogP contribution in [0.15, 0.2) is 18.3 Å². The molecule has 1 unspecified atom stereocenters. The van der Waals surface area contributed by atoms with E-state index in [1.807, 2.05) is 19.2 Å². The first-order chi connectivity index (χ1) is 13.5. The van der Waals surface area contributed by atoms with Gasteiger partial charge in [-0.15, -0.1) is 0 Å². The molecule has 0 saturated carbocycles. The van der Waals surface area contributed by atoms with Crippen molar-refractivity contribution in [3.05, 3.63) is 23.9 Å². The van der Waals surface area contributed by atoms with Gasteiger partial charge in [-0.1, -0.05) is 11.8 Å². The fourth-order valence-electron chi connectivity index (χ4n) is 3.16. The number of hydrogen-bond donors (Lipinski definition) is 4. The van der Waals surface area contributed by atoms with Crippen LogP contribution in [0.5, 0.6) is 0 Å². The van der Waals surface area contributed by atoms with E-state index >= 15 is 0 Å².